The second kappa shape index (κ2) is 6.21. The lowest BCUT2D eigenvalue weighted by molar-refractivity contribution is 0.652. The highest BCUT2D eigenvalue weighted by Crippen LogP contribution is 2.31. The molecule has 3 heterocycles. The summed E-state index contributed by atoms with van der Waals surface area (Å²) in [7, 11) is 1.97. The quantitative estimate of drug-likeness (QED) is 0.709. The van der Waals surface area contributed by atoms with Gasteiger partial charge in [-0.25, -0.2) is 4.98 Å². The molecule has 0 amide bonds. The summed E-state index contributed by atoms with van der Waals surface area (Å²) in [6.45, 7) is 6.05. The topological polar surface area (TPSA) is 47.2 Å². The van der Waals surface area contributed by atoms with Crippen molar-refractivity contribution < 1.29 is 0 Å². The fraction of sp³-hybridized carbons (Fsp3) is 0.429. The molecule has 0 bridgehead atoms. The summed E-state index contributed by atoms with van der Waals surface area (Å²) in [5.41, 5.74) is 2.26. The van der Waals surface area contributed by atoms with E-state index in [1.807, 2.05) is 18.7 Å². The van der Waals surface area contributed by atoms with Gasteiger partial charge in [-0.2, -0.15) is 5.10 Å². The molecule has 3 aromatic rings. The van der Waals surface area contributed by atoms with Crippen LogP contribution < -0.4 is 5.32 Å². The van der Waals surface area contributed by atoms with E-state index in [0.29, 0.717) is 0 Å². The van der Waals surface area contributed by atoms with Crippen molar-refractivity contribution >= 4 is 28.1 Å². The van der Waals surface area contributed by atoms with Crippen LogP contribution >= 0.6 is 23.1 Å². The van der Waals surface area contributed by atoms with Crippen molar-refractivity contribution in [2.45, 2.75) is 36.9 Å². The molecule has 0 saturated heterocycles. The van der Waals surface area contributed by atoms with E-state index in [1.165, 1.54) is 5.69 Å². The molecule has 0 spiro atoms. The lowest BCUT2D eigenvalue weighted by Gasteiger charge is -2.05. The van der Waals surface area contributed by atoms with E-state index in [2.05, 4.69) is 39.4 Å². The fourth-order valence-corrected chi connectivity index (χ4v) is 4.03. The molecule has 0 aromatic carbocycles. The number of rotatable bonds is 6. The minimum atomic E-state index is 0.838. The van der Waals surface area contributed by atoms with Gasteiger partial charge in [0, 0.05) is 25.2 Å². The van der Waals surface area contributed by atoms with E-state index in [1.54, 1.807) is 23.1 Å². The molecular weight excluding hydrogens is 302 g/mol. The number of fused-ring (bicyclic) bond motifs is 1. The largest absolute Gasteiger partial charge is 0.311 e. The smallest absolute Gasteiger partial charge is 0.194 e. The van der Waals surface area contributed by atoms with Crippen LogP contribution in [0.5, 0.6) is 0 Å². The first-order chi connectivity index (χ1) is 10.2. The number of aromatic nitrogens is 4. The Morgan fingerprint density at radius 2 is 2.29 bits per heavy atom. The van der Waals surface area contributed by atoms with Crippen molar-refractivity contribution in [1.82, 2.24) is 24.5 Å². The van der Waals surface area contributed by atoms with Crippen molar-refractivity contribution in [3.05, 3.63) is 29.0 Å². The van der Waals surface area contributed by atoms with Crippen molar-refractivity contribution in [2.24, 2.45) is 7.05 Å². The number of hydrogen-bond donors (Lipinski definition) is 1. The molecule has 5 nitrogen and oxygen atoms in total. The van der Waals surface area contributed by atoms with Crippen LogP contribution in [0.4, 0.5) is 0 Å². The van der Waals surface area contributed by atoms with E-state index in [4.69, 9.17) is 4.98 Å². The maximum Gasteiger partial charge on any atom is 0.194 e. The first-order valence-electron chi connectivity index (χ1n) is 7.02. The molecule has 0 aliphatic heterocycles. The summed E-state index contributed by atoms with van der Waals surface area (Å²) in [6.07, 6.45) is 3.23. The lowest BCUT2D eigenvalue weighted by Crippen LogP contribution is -2.15. The molecule has 0 fully saturated rings. The third-order valence-electron chi connectivity index (χ3n) is 3.20. The molecule has 0 radical (unpaired) electrons. The van der Waals surface area contributed by atoms with Crippen LogP contribution in [-0.4, -0.2) is 25.7 Å². The van der Waals surface area contributed by atoms with Gasteiger partial charge in [0.15, 0.2) is 4.96 Å². The van der Waals surface area contributed by atoms with Gasteiger partial charge in [-0.1, -0.05) is 6.92 Å². The van der Waals surface area contributed by atoms with E-state index >= 15 is 0 Å². The molecule has 0 aliphatic carbocycles. The molecule has 0 saturated carbocycles. The standard InChI is InChI=1S/C14H19N5S2/c1-4-5-15-9-11-13(16-14-19(11)6-7-20-14)21-12-8-10(2)17-18(12)3/h6-8,15H,4-5,9H2,1-3H3. The minimum Gasteiger partial charge on any atom is -0.311 e. The van der Waals surface area contributed by atoms with E-state index in [9.17, 15) is 0 Å². The first kappa shape index (κ1) is 14.6. The molecule has 3 rings (SSSR count). The van der Waals surface area contributed by atoms with Crippen LogP contribution in [-0.2, 0) is 13.6 Å². The highest BCUT2D eigenvalue weighted by atomic mass is 32.2. The van der Waals surface area contributed by atoms with Crippen LogP contribution in [0.1, 0.15) is 24.7 Å². The van der Waals surface area contributed by atoms with E-state index in [-0.39, 0.29) is 0 Å². The molecule has 7 heteroatoms. The summed E-state index contributed by atoms with van der Waals surface area (Å²) in [5, 5.41) is 12.1. The van der Waals surface area contributed by atoms with Crippen molar-refractivity contribution in [3.63, 3.8) is 0 Å². The van der Waals surface area contributed by atoms with Gasteiger partial charge in [-0.15, -0.1) is 11.3 Å². The van der Waals surface area contributed by atoms with Gasteiger partial charge in [0.1, 0.15) is 10.1 Å². The summed E-state index contributed by atoms with van der Waals surface area (Å²) in [6, 6.07) is 2.10. The number of imidazole rings is 1. The maximum absolute atomic E-state index is 4.76. The zero-order chi connectivity index (χ0) is 14.8. The van der Waals surface area contributed by atoms with Gasteiger partial charge in [0.2, 0.25) is 0 Å². The van der Waals surface area contributed by atoms with E-state index in [0.717, 1.165) is 40.2 Å². The normalized spacial score (nSPS) is 11.6. The van der Waals surface area contributed by atoms with Crippen molar-refractivity contribution in [1.29, 1.82) is 0 Å². The Bertz CT molecular complexity index is 740. The third-order valence-corrected chi connectivity index (χ3v) is 5.07. The summed E-state index contributed by atoms with van der Waals surface area (Å²) < 4.78 is 4.09. The number of nitrogens with zero attached hydrogens (tertiary/aromatic N) is 4. The summed E-state index contributed by atoms with van der Waals surface area (Å²) in [5.74, 6) is 0. The molecule has 0 atom stereocenters. The third kappa shape index (κ3) is 3.00. The monoisotopic (exact) mass is 321 g/mol. The first-order valence-corrected chi connectivity index (χ1v) is 8.72. The Balaban J connectivity index is 1.91. The SMILES string of the molecule is CCCNCc1c(Sc2cc(C)nn2C)nc2sccn12. The fourth-order valence-electron chi connectivity index (χ4n) is 2.22. The second-order valence-electron chi connectivity index (χ2n) is 4.95. The molecule has 0 unspecified atom stereocenters. The molecule has 3 aromatic heterocycles. The minimum absolute atomic E-state index is 0.838. The number of hydrogen-bond acceptors (Lipinski definition) is 5. The average Bonchev–Trinajstić information content (AvgIpc) is 3.08. The van der Waals surface area contributed by atoms with Gasteiger partial charge in [-0.3, -0.25) is 9.08 Å². The van der Waals surface area contributed by atoms with E-state index < -0.39 is 0 Å². The van der Waals surface area contributed by atoms with Crippen LogP contribution in [0.3, 0.4) is 0 Å². The highest BCUT2D eigenvalue weighted by molar-refractivity contribution is 7.99. The van der Waals surface area contributed by atoms with Crippen LogP contribution in [0.25, 0.3) is 4.96 Å². The van der Waals surface area contributed by atoms with Gasteiger partial charge < -0.3 is 5.32 Å². The summed E-state index contributed by atoms with van der Waals surface area (Å²) >= 11 is 3.36. The van der Waals surface area contributed by atoms with Gasteiger partial charge in [-0.05, 0) is 37.7 Å². The Morgan fingerprint density at radius 1 is 1.43 bits per heavy atom. The maximum atomic E-state index is 4.76. The lowest BCUT2D eigenvalue weighted by atomic mass is 10.4. The van der Waals surface area contributed by atoms with Gasteiger partial charge >= 0.3 is 0 Å². The molecular formula is C14H19N5S2. The van der Waals surface area contributed by atoms with Crippen LogP contribution in [0.15, 0.2) is 27.7 Å². The van der Waals surface area contributed by atoms with Crippen molar-refractivity contribution in [2.75, 3.05) is 6.54 Å². The number of aryl methyl sites for hydroxylation is 2. The number of nitrogens with one attached hydrogen (secondary N) is 1. The Hall–Kier alpha value is -1.31. The Kier molecular flexibility index (Phi) is 4.32. The number of thiazole rings is 1. The highest BCUT2D eigenvalue weighted by Gasteiger charge is 2.15. The second-order valence-corrected chi connectivity index (χ2v) is 6.83. The van der Waals surface area contributed by atoms with Gasteiger partial charge in [0.25, 0.3) is 0 Å². The van der Waals surface area contributed by atoms with Crippen LogP contribution in [0, 0.1) is 6.92 Å². The van der Waals surface area contributed by atoms with Gasteiger partial charge in [0.05, 0.1) is 11.4 Å². The zero-order valence-corrected chi connectivity index (χ0v) is 14.1. The molecule has 0 aliphatic rings. The summed E-state index contributed by atoms with van der Waals surface area (Å²) in [4.78, 5) is 5.81. The zero-order valence-electron chi connectivity index (χ0n) is 12.5. The molecule has 21 heavy (non-hydrogen) atoms. The van der Waals surface area contributed by atoms with Crippen molar-refractivity contribution in [3.8, 4) is 0 Å². The predicted molar refractivity (Wildman–Crippen MR) is 87.1 cm³/mol. The Labute approximate surface area is 132 Å². The predicted octanol–water partition coefficient (Wildman–Crippen LogP) is 3.09. The average molecular weight is 321 g/mol. The molecule has 112 valence electrons. The Morgan fingerprint density at radius 3 is 3.00 bits per heavy atom. The van der Waals surface area contributed by atoms with Crippen LogP contribution in [0.2, 0.25) is 0 Å². The molecule has 1 N–H and O–H groups in total.